The molecule has 0 radical (unpaired) electrons. The molecule has 0 atom stereocenters. The Balaban J connectivity index is 2.51. The summed E-state index contributed by atoms with van der Waals surface area (Å²) in [4.78, 5) is 25.6. The van der Waals surface area contributed by atoms with E-state index in [4.69, 9.17) is 21.1 Å². The maximum Gasteiger partial charge on any atom is 0.286 e. The number of benzene rings is 1. The summed E-state index contributed by atoms with van der Waals surface area (Å²) in [6.07, 6.45) is 0. The third kappa shape index (κ3) is 1.95. The Bertz CT molecular complexity index is 578. The minimum Gasteiger partial charge on any atom is -0.332 e. The van der Waals surface area contributed by atoms with E-state index in [9.17, 15) is 9.59 Å². The van der Waals surface area contributed by atoms with Crippen LogP contribution < -0.4 is 0 Å². The molecule has 1 aliphatic rings. The molecule has 1 aliphatic heterocycles. The molecule has 0 aliphatic carbocycles. The Labute approximate surface area is 121 Å². The van der Waals surface area contributed by atoms with Crippen LogP contribution in [-0.2, 0) is 14.3 Å². The average molecular weight is 296 g/mol. The van der Waals surface area contributed by atoms with E-state index in [2.05, 4.69) is 0 Å². The monoisotopic (exact) mass is 295 g/mol. The summed E-state index contributed by atoms with van der Waals surface area (Å²) in [6.45, 7) is 1.59. The number of methoxy groups -OCH3 is 2. The lowest BCUT2D eigenvalue weighted by Gasteiger charge is -2.35. The number of imide groups is 1. The lowest BCUT2D eigenvalue weighted by molar-refractivity contribution is -0.240. The summed E-state index contributed by atoms with van der Waals surface area (Å²) in [7, 11) is 2.70. The van der Waals surface area contributed by atoms with Gasteiger partial charge in [0.1, 0.15) is 5.03 Å². The van der Waals surface area contributed by atoms with Crippen LogP contribution >= 0.6 is 11.6 Å². The largest absolute Gasteiger partial charge is 0.332 e. The first kappa shape index (κ1) is 14.7. The number of rotatable bonds is 3. The van der Waals surface area contributed by atoms with Crippen LogP contribution in [0.15, 0.2) is 40.9 Å². The number of amides is 2. The van der Waals surface area contributed by atoms with E-state index in [1.54, 1.807) is 37.3 Å². The normalized spacial score (nSPS) is 17.8. The van der Waals surface area contributed by atoms with Gasteiger partial charge in [0.05, 0.1) is 0 Å². The molecule has 0 aromatic heterocycles. The second-order valence-corrected chi connectivity index (χ2v) is 4.62. The zero-order valence-electron chi connectivity index (χ0n) is 11.3. The molecule has 106 valence electrons. The Kier molecular flexibility index (Phi) is 3.94. The smallest absolute Gasteiger partial charge is 0.286 e. The lowest BCUT2D eigenvalue weighted by Crippen LogP contribution is -2.54. The lowest BCUT2D eigenvalue weighted by atomic mass is 10.2. The number of hydrogen-bond donors (Lipinski definition) is 0. The molecule has 2 rings (SSSR count). The molecule has 0 unspecified atom stereocenters. The molecule has 0 fully saturated rings. The van der Waals surface area contributed by atoms with E-state index in [0.717, 1.165) is 4.90 Å². The second kappa shape index (κ2) is 5.36. The molecule has 6 heteroatoms. The van der Waals surface area contributed by atoms with Crippen LogP contribution in [0.4, 0.5) is 0 Å². The highest BCUT2D eigenvalue weighted by atomic mass is 35.5. The fraction of sp³-hybridized carbons (Fsp3) is 0.286. The number of carbonyl (C=O) groups is 2. The topological polar surface area (TPSA) is 55.8 Å². The summed E-state index contributed by atoms with van der Waals surface area (Å²) in [5.41, 5.74) is 0.692. The number of hydrogen-bond acceptors (Lipinski definition) is 4. The highest BCUT2D eigenvalue weighted by molar-refractivity contribution is 6.44. The molecule has 5 nitrogen and oxygen atoms in total. The van der Waals surface area contributed by atoms with Gasteiger partial charge in [0.15, 0.2) is 0 Å². The summed E-state index contributed by atoms with van der Waals surface area (Å²) in [6, 6.07) is 8.40. The van der Waals surface area contributed by atoms with Crippen LogP contribution in [0.5, 0.6) is 0 Å². The summed E-state index contributed by atoms with van der Waals surface area (Å²) in [5.74, 6) is -2.77. The molecule has 1 aromatic carbocycles. The average Bonchev–Trinajstić information content (AvgIpc) is 2.69. The summed E-state index contributed by atoms with van der Waals surface area (Å²) >= 11 is 5.96. The van der Waals surface area contributed by atoms with Gasteiger partial charge in [0, 0.05) is 25.4 Å². The van der Waals surface area contributed by atoms with Gasteiger partial charge in [0.25, 0.3) is 17.7 Å². The van der Waals surface area contributed by atoms with Crippen LogP contribution in [-0.4, -0.2) is 36.8 Å². The van der Waals surface area contributed by atoms with Crippen LogP contribution in [0.2, 0.25) is 0 Å². The zero-order chi connectivity index (χ0) is 14.9. The molecular weight excluding hydrogens is 282 g/mol. The van der Waals surface area contributed by atoms with Gasteiger partial charge in [-0.25, -0.2) is 4.90 Å². The van der Waals surface area contributed by atoms with Crippen LogP contribution in [0.1, 0.15) is 17.3 Å². The molecule has 0 saturated heterocycles. The molecule has 0 spiro atoms. The first-order chi connectivity index (χ1) is 9.49. The Morgan fingerprint density at radius 3 is 2.25 bits per heavy atom. The van der Waals surface area contributed by atoms with Crippen molar-refractivity contribution in [3.63, 3.8) is 0 Å². The molecule has 1 aromatic rings. The van der Waals surface area contributed by atoms with Crippen molar-refractivity contribution in [2.24, 2.45) is 0 Å². The standard InChI is InChI=1S/C14H14ClNO4/c1-9-11(15)13(18)16(14(9,19-2)20-3)12(17)10-7-5-4-6-8-10/h4-8H,1-3H3. The van der Waals surface area contributed by atoms with Crippen LogP contribution in [0.3, 0.4) is 0 Å². The first-order valence-electron chi connectivity index (χ1n) is 5.90. The van der Waals surface area contributed by atoms with Crippen LogP contribution in [0, 0.1) is 0 Å². The number of carbonyl (C=O) groups excluding carboxylic acids is 2. The SMILES string of the molecule is COC1(OC)C(C)=C(Cl)C(=O)N1C(=O)c1ccccc1. The van der Waals surface area contributed by atoms with Gasteiger partial charge in [-0.05, 0) is 19.1 Å². The van der Waals surface area contributed by atoms with Crippen molar-refractivity contribution < 1.29 is 19.1 Å². The quantitative estimate of drug-likeness (QED) is 0.633. The molecule has 0 bridgehead atoms. The maximum atomic E-state index is 12.5. The molecule has 2 amide bonds. The van der Waals surface area contributed by atoms with Gasteiger partial charge < -0.3 is 9.47 Å². The Morgan fingerprint density at radius 1 is 1.20 bits per heavy atom. The van der Waals surface area contributed by atoms with Gasteiger partial charge >= 0.3 is 0 Å². The van der Waals surface area contributed by atoms with Gasteiger partial charge in [0.2, 0.25) is 0 Å². The first-order valence-corrected chi connectivity index (χ1v) is 6.28. The minimum absolute atomic E-state index is 0.0713. The molecular formula is C14H14ClNO4. The van der Waals surface area contributed by atoms with Crippen molar-refractivity contribution in [2.45, 2.75) is 12.8 Å². The van der Waals surface area contributed by atoms with Crippen LogP contribution in [0.25, 0.3) is 0 Å². The molecule has 0 N–H and O–H groups in total. The predicted molar refractivity (Wildman–Crippen MR) is 72.9 cm³/mol. The summed E-state index contributed by atoms with van der Waals surface area (Å²) in [5, 5.41) is -0.0713. The van der Waals surface area contributed by atoms with E-state index in [-0.39, 0.29) is 5.03 Å². The van der Waals surface area contributed by atoms with Crippen molar-refractivity contribution >= 4 is 23.4 Å². The number of halogens is 1. The zero-order valence-corrected chi connectivity index (χ0v) is 12.1. The van der Waals surface area contributed by atoms with E-state index >= 15 is 0 Å². The molecule has 1 heterocycles. The minimum atomic E-state index is -1.60. The predicted octanol–water partition coefficient (Wildman–Crippen LogP) is 2.13. The third-order valence-corrected chi connectivity index (χ3v) is 3.71. The van der Waals surface area contributed by atoms with E-state index in [0.29, 0.717) is 11.1 Å². The third-order valence-electron chi connectivity index (χ3n) is 3.27. The van der Waals surface area contributed by atoms with E-state index in [1.165, 1.54) is 14.2 Å². The fourth-order valence-corrected chi connectivity index (χ4v) is 2.41. The van der Waals surface area contributed by atoms with Crippen molar-refractivity contribution in [1.29, 1.82) is 0 Å². The highest BCUT2D eigenvalue weighted by Crippen LogP contribution is 2.39. The number of nitrogens with zero attached hydrogens (tertiary/aromatic N) is 1. The van der Waals surface area contributed by atoms with Gasteiger partial charge in [-0.2, -0.15) is 0 Å². The Morgan fingerprint density at radius 2 is 1.75 bits per heavy atom. The molecule has 0 saturated carbocycles. The molecule has 20 heavy (non-hydrogen) atoms. The van der Waals surface area contributed by atoms with Gasteiger partial charge in [-0.15, -0.1) is 0 Å². The fourth-order valence-electron chi connectivity index (χ4n) is 2.21. The van der Waals surface area contributed by atoms with Crippen molar-refractivity contribution in [3.8, 4) is 0 Å². The van der Waals surface area contributed by atoms with Crippen molar-refractivity contribution in [1.82, 2.24) is 4.90 Å². The van der Waals surface area contributed by atoms with E-state index < -0.39 is 17.7 Å². The van der Waals surface area contributed by atoms with E-state index in [1.807, 2.05) is 0 Å². The van der Waals surface area contributed by atoms with Gasteiger partial charge in [-0.3, -0.25) is 9.59 Å². The number of ether oxygens (including phenoxy) is 2. The maximum absolute atomic E-state index is 12.5. The summed E-state index contributed by atoms with van der Waals surface area (Å²) < 4.78 is 10.6. The van der Waals surface area contributed by atoms with Crippen molar-refractivity contribution in [2.75, 3.05) is 14.2 Å². The van der Waals surface area contributed by atoms with Crippen molar-refractivity contribution in [3.05, 3.63) is 46.5 Å². The second-order valence-electron chi connectivity index (χ2n) is 4.24. The highest BCUT2D eigenvalue weighted by Gasteiger charge is 2.54. The Hall–Kier alpha value is -1.69. The van der Waals surface area contributed by atoms with Gasteiger partial charge in [-0.1, -0.05) is 29.8 Å².